The quantitative estimate of drug-likeness (QED) is 0.462. The van der Waals surface area contributed by atoms with E-state index in [0.717, 1.165) is 17.0 Å². The van der Waals surface area contributed by atoms with E-state index in [4.69, 9.17) is 10.6 Å². The molecule has 0 aliphatic carbocycles. The van der Waals surface area contributed by atoms with Crippen LogP contribution in [0.25, 0.3) is 0 Å². The van der Waals surface area contributed by atoms with Crippen molar-refractivity contribution in [2.24, 2.45) is 5.84 Å². The number of carbonyl (C=O) groups excluding carboxylic acids is 1. The summed E-state index contributed by atoms with van der Waals surface area (Å²) in [5.74, 6) is 5.89. The zero-order valence-electron chi connectivity index (χ0n) is 9.78. The average Bonchev–Trinajstić information content (AvgIpc) is 2.30. The van der Waals surface area contributed by atoms with Crippen LogP contribution in [-0.4, -0.2) is 19.7 Å². The summed E-state index contributed by atoms with van der Waals surface area (Å²) in [4.78, 5) is 12.7. The maximum absolute atomic E-state index is 11.3. The topological polar surface area (TPSA) is 67.6 Å². The molecule has 3 N–H and O–H groups in total. The second kappa shape index (κ2) is 5.37. The predicted molar refractivity (Wildman–Crippen MR) is 63.5 cm³/mol. The van der Waals surface area contributed by atoms with Gasteiger partial charge in [-0.2, -0.15) is 0 Å². The Morgan fingerprint density at radius 3 is 2.75 bits per heavy atom. The molecular weight excluding hydrogens is 206 g/mol. The number of nitrogens with zero attached hydrogens (tertiary/aromatic N) is 1. The normalized spacial score (nSPS) is 9.75. The highest BCUT2D eigenvalue weighted by Crippen LogP contribution is 2.23. The van der Waals surface area contributed by atoms with E-state index in [-0.39, 0.29) is 6.03 Å². The first-order valence-corrected chi connectivity index (χ1v) is 5.08. The van der Waals surface area contributed by atoms with E-state index in [0.29, 0.717) is 6.61 Å². The van der Waals surface area contributed by atoms with Crippen molar-refractivity contribution in [1.82, 2.24) is 5.43 Å². The maximum Gasteiger partial charge on any atom is 0.335 e. The Kier molecular flexibility index (Phi) is 4.13. The Morgan fingerprint density at radius 2 is 2.25 bits per heavy atom. The summed E-state index contributed by atoms with van der Waals surface area (Å²) in [6, 6.07) is 5.17. The Bertz CT molecular complexity index is 379. The number of anilines is 1. The van der Waals surface area contributed by atoms with Crippen LogP contribution in [-0.2, 0) is 0 Å². The first kappa shape index (κ1) is 12.3. The van der Waals surface area contributed by atoms with Gasteiger partial charge >= 0.3 is 6.03 Å². The van der Waals surface area contributed by atoms with Gasteiger partial charge in [0.05, 0.1) is 6.61 Å². The number of amides is 2. The first-order valence-electron chi connectivity index (χ1n) is 5.08. The smallest absolute Gasteiger partial charge is 0.335 e. The number of aryl methyl sites for hydroxylation is 1. The highest BCUT2D eigenvalue weighted by atomic mass is 16.5. The summed E-state index contributed by atoms with van der Waals surface area (Å²) in [7, 11) is 1.65. The van der Waals surface area contributed by atoms with Gasteiger partial charge in [0.15, 0.2) is 0 Å². The van der Waals surface area contributed by atoms with Crippen molar-refractivity contribution in [3.8, 4) is 5.75 Å². The van der Waals surface area contributed by atoms with Crippen molar-refractivity contribution < 1.29 is 9.53 Å². The third-order valence-corrected chi connectivity index (χ3v) is 2.27. The summed E-state index contributed by atoms with van der Waals surface area (Å²) in [5.41, 5.74) is 3.83. The zero-order chi connectivity index (χ0) is 12.1. The van der Waals surface area contributed by atoms with Crippen molar-refractivity contribution in [3.63, 3.8) is 0 Å². The Balaban J connectivity index is 2.92. The summed E-state index contributed by atoms with van der Waals surface area (Å²) in [5, 5.41) is 0. The molecule has 0 spiro atoms. The van der Waals surface area contributed by atoms with Crippen LogP contribution in [0.3, 0.4) is 0 Å². The molecule has 0 fully saturated rings. The molecule has 2 amide bonds. The Morgan fingerprint density at radius 1 is 1.56 bits per heavy atom. The minimum Gasteiger partial charge on any atom is -0.494 e. The average molecular weight is 223 g/mol. The Hall–Kier alpha value is -1.75. The molecule has 0 radical (unpaired) electrons. The molecule has 0 bridgehead atoms. The lowest BCUT2D eigenvalue weighted by Gasteiger charge is -2.18. The van der Waals surface area contributed by atoms with Crippen LogP contribution >= 0.6 is 0 Å². The van der Waals surface area contributed by atoms with E-state index >= 15 is 0 Å². The number of benzene rings is 1. The number of hydrogen-bond acceptors (Lipinski definition) is 3. The summed E-state index contributed by atoms with van der Waals surface area (Å²) < 4.78 is 5.41. The maximum atomic E-state index is 11.3. The van der Waals surface area contributed by atoms with E-state index in [2.05, 4.69) is 5.43 Å². The van der Waals surface area contributed by atoms with Crippen molar-refractivity contribution >= 4 is 11.7 Å². The van der Waals surface area contributed by atoms with Crippen LogP contribution in [0.15, 0.2) is 18.2 Å². The van der Waals surface area contributed by atoms with E-state index in [1.165, 1.54) is 4.90 Å². The molecule has 88 valence electrons. The number of urea groups is 1. The van der Waals surface area contributed by atoms with Gasteiger partial charge in [-0.3, -0.25) is 10.3 Å². The highest BCUT2D eigenvalue weighted by molar-refractivity contribution is 5.91. The van der Waals surface area contributed by atoms with Crippen molar-refractivity contribution in [3.05, 3.63) is 23.8 Å². The van der Waals surface area contributed by atoms with Gasteiger partial charge in [0.1, 0.15) is 5.75 Å². The fourth-order valence-corrected chi connectivity index (χ4v) is 1.37. The molecule has 0 atom stereocenters. The van der Waals surface area contributed by atoms with Gasteiger partial charge in [0.25, 0.3) is 0 Å². The molecule has 5 nitrogen and oxygen atoms in total. The van der Waals surface area contributed by atoms with Crippen molar-refractivity contribution in [2.75, 3.05) is 18.6 Å². The number of carbonyl (C=O) groups is 1. The second-order valence-electron chi connectivity index (χ2n) is 3.39. The SMILES string of the molecule is CCOc1ccc(N(C)C(=O)NN)cc1C. The largest absolute Gasteiger partial charge is 0.494 e. The van der Waals surface area contributed by atoms with E-state index in [1.807, 2.05) is 32.0 Å². The molecule has 0 saturated carbocycles. The molecule has 0 aliphatic rings. The van der Waals surface area contributed by atoms with Crippen molar-refractivity contribution in [1.29, 1.82) is 0 Å². The third-order valence-electron chi connectivity index (χ3n) is 2.27. The van der Waals surface area contributed by atoms with Gasteiger partial charge < -0.3 is 4.74 Å². The molecule has 0 heterocycles. The standard InChI is InChI=1S/C11H17N3O2/c1-4-16-10-6-5-9(7-8(10)2)14(3)11(15)13-12/h5-7H,4,12H2,1-3H3,(H,13,15). The number of nitrogens with two attached hydrogens (primary N) is 1. The second-order valence-corrected chi connectivity index (χ2v) is 3.39. The molecule has 5 heteroatoms. The highest BCUT2D eigenvalue weighted by Gasteiger charge is 2.10. The number of hydrazine groups is 1. The lowest BCUT2D eigenvalue weighted by atomic mass is 10.2. The number of ether oxygens (including phenoxy) is 1. The van der Waals surface area contributed by atoms with E-state index in [9.17, 15) is 4.79 Å². The van der Waals surface area contributed by atoms with Crippen LogP contribution in [0.1, 0.15) is 12.5 Å². The minimum absolute atomic E-state index is 0.358. The zero-order valence-corrected chi connectivity index (χ0v) is 9.78. The van der Waals surface area contributed by atoms with Crippen LogP contribution in [0.4, 0.5) is 10.5 Å². The van der Waals surface area contributed by atoms with E-state index in [1.54, 1.807) is 7.05 Å². The molecule has 1 aromatic rings. The van der Waals surface area contributed by atoms with Crippen LogP contribution in [0.2, 0.25) is 0 Å². The summed E-state index contributed by atoms with van der Waals surface area (Å²) in [6.07, 6.45) is 0. The third kappa shape index (κ3) is 2.64. The molecule has 1 aromatic carbocycles. The van der Waals surface area contributed by atoms with Gasteiger partial charge in [-0.05, 0) is 37.6 Å². The Labute approximate surface area is 95.2 Å². The van der Waals surface area contributed by atoms with Gasteiger partial charge in [0, 0.05) is 12.7 Å². The number of nitrogens with one attached hydrogen (secondary N) is 1. The molecule has 1 rings (SSSR count). The minimum atomic E-state index is -0.358. The van der Waals surface area contributed by atoms with Crippen LogP contribution < -0.4 is 20.9 Å². The van der Waals surface area contributed by atoms with Crippen LogP contribution in [0, 0.1) is 6.92 Å². The first-order chi connectivity index (χ1) is 7.60. The van der Waals surface area contributed by atoms with Gasteiger partial charge in [-0.1, -0.05) is 0 Å². The van der Waals surface area contributed by atoms with Gasteiger partial charge in [-0.15, -0.1) is 0 Å². The lowest BCUT2D eigenvalue weighted by Crippen LogP contribution is -2.41. The van der Waals surface area contributed by atoms with Crippen molar-refractivity contribution in [2.45, 2.75) is 13.8 Å². The van der Waals surface area contributed by atoms with E-state index < -0.39 is 0 Å². The molecule has 0 saturated heterocycles. The monoisotopic (exact) mass is 223 g/mol. The molecule has 0 aromatic heterocycles. The fraction of sp³-hybridized carbons (Fsp3) is 0.364. The summed E-state index contributed by atoms with van der Waals surface area (Å²) in [6.45, 7) is 4.49. The van der Waals surface area contributed by atoms with Crippen LogP contribution in [0.5, 0.6) is 5.75 Å². The molecule has 0 unspecified atom stereocenters. The summed E-state index contributed by atoms with van der Waals surface area (Å²) >= 11 is 0. The molecular formula is C11H17N3O2. The predicted octanol–water partition coefficient (Wildman–Crippen LogP) is 1.41. The molecule has 0 aliphatic heterocycles. The fourth-order valence-electron chi connectivity index (χ4n) is 1.37. The number of rotatable bonds is 3. The lowest BCUT2D eigenvalue weighted by molar-refractivity contribution is 0.247. The number of hydrogen-bond donors (Lipinski definition) is 2. The van der Waals surface area contributed by atoms with Gasteiger partial charge in [-0.25, -0.2) is 10.6 Å². The van der Waals surface area contributed by atoms with Gasteiger partial charge in [0.2, 0.25) is 0 Å². The molecule has 16 heavy (non-hydrogen) atoms.